The average molecular weight is 187 g/mol. The van der Waals surface area contributed by atoms with Gasteiger partial charge >= 0.3 is 6.18 Å². The van der Waals surface area contributed by atoms with Crippen molar-refractivity contribution < 1.29 is 13.2 Å². The topological polar surface area (TPSA) is 26.0 Å². The predicted octanol–water partition coefficient (Wildman–Crippen LogP) is 2.09. The highest BCUT2D eigenvalue weighted by molar-refractivity contribution is 6.09. The van der Waals surface area contributed by atoms with Crippen LogP contribution in [0.3, 0.4) is 0 Å². The molecule has 2 N–H and O–H groups in total. The third-order valence-corrected chi connectivity index (χ3v) is 1.22. The summed E-state index contributed by atoms with van der Waals surface area (Å²) in [4.78, 5) is 0. The van der Waals surface area contributed by atoms with Crippen molar-refractivity contribution in [2.75, 3.05) is 0 Å². The molecule has 70 valence electrons. The first-order valence-electron chi connectivity index (χ1n) is 3.49. The lowest BCUT2D eigenvalue weighted by Gasteiger charge is -2.06. The minimum atomic E-state index is -4.42. The Balaban J connectivity index is 4.78. The Kier molecular flexibility index (Phi) is 4.38. The summed E-state index contributed by atoms with van der Waals surface area (Å²) in [6.07, 6.45) is -1.54. The van der Waals surface area contributed by atoms with Crippen molar-refractivity contribution in [3.63, 3.8) is 0 Å². The highest BCUT2D eigenvalue weighted by Gasteiger charge is 2.31. The summed E-state index contributed by atoms with van der Waals surface area (Å²) in [5, 5.41) is 0. The fourth-order valence-corrected chi connectivity index (χ4v) is 0.631. The Morgan fingerprint density at radius 2 is 2.00 bits per heavy atom. The summed E-state index contributed by atoms with van der Waals surface area (Å²) < 4.78 is 36.2. The fraction of sp³-hybridized carbons (Fsp3) is 0.250. The predicted molar refractivity (Wildman–Crippen MR) is 47.2 cm³/mol. The number of allylic oxidation sites excluding steroid dienone is 4. The van der Waals surface area contributed by atoms with Gasteiger partial charge in [-0.1, -0.05) is 25.1 Å². The monoisotopic (exact) mass is 187 g/mol. The number of nitrogens with two attached hydrogens (primary N) is 1. The van der Waals surface area contributed by atoms with Crippen molar-refractivity contribution in [1.82, 2.24) is 0 Å². The van der Waals surface area contributed by atoms with Crippen LogP contribution in [0.2, 0.25) is 6.32 Å². The quantitative estimate of drug-likeness (QED) is 0.531. The van der Waals surface area contributed by atoms with Crippen LogP contribution in [0.25, 0.3) is 0 Å². The van der Waals surface area contributed by atoms with Crippen molar-refractivity contribution in [3.8, 4) is 0 Å². The largest absolute Gasteiger partial charge is 0.416 e. The van der Waals surface area contributed by atoms with Crippen LogP contribution in [0, 0.1) is 0 Å². The van der Waals surface area contributed by atoms with Crippen LogP contribution in [0.4, 0.5) is 13.2 Å². The first-order valence-corrected chi connectivity index (χ1v) is 3.49. The molecule has 0 aromatic rings. The summed E-state index contributed by atoms with van der Waals surface area (Å²) in [6.45, 7) is 3.04. The lowest BCUT2D eigenvalue weighted by atomic mass is 10.0. The van der Waals surface area contributed by atoms with E-state index < -0.39 is 11.7 Å². The van der Waals surface area contributed by atoms with Crippen molar-refractivity contribution in [3.05, 3.63) is 36.1 Å². The Morgan fingerprint density at radius 1 is 1.46 bits per heavy atom. The molecule has 0 amide bonds. The fourth-order valence-electron chi connectivity index (χ4n) is 0.631. The van der Waals surface area contributed by atoms with E-state index in [-0.39, 0.29) is 12.0 Å². The van der Waals surface area contributed by atoms with Crippen LogP contribution in [0.1, 0.15) is 0 Å². The lowest BCUT2D eigenvalue weighted by molar-refractivity contribution is -0.0882. The zero-order valence-corrected chi connectivity index (χ0v) is 6.93. The van der Waals surface area contributed by atoms with Gasteiger partial charge in [-0.05, 0) is 6.08 Å². The summed E-state index contributed by atoms with van der Waals surface area (Å²) in [7, 11) is 5.06. The summed E-state index contributed by atoms with van der Waals surface area (Å²) in [6, 6.07) is 0. The van der Waals surface area contributed by atoms with E-state index >= 15 is 0 Å². The van der Waals surface area contributed by atoms with Crippen molar-refractivity contribution in [2.24, 2.45) is 5.73 Å². The third kappa shape index (κ3) is 4.45. The maximum atomic E-state index is 12.1. The Hall–Kier alpha value is -1.13. The van der Waals surface area contributed by atoms with E-state index in [9.17, 15) is 13.2 Å². The Labute approximate surface area is 76.2 Å². The van der Waals surface area contributed by atoms with Crippen LogP contribution < -0.4 is 5.73 Å². The van der Waals surface area contributed by atoms with Crippen LogP contribution in [-0.4, -0.2) is 14.0 Å². The first-order chi connectivity index (χ1) is 5.91. The molecule has 0 aromatic carbocycles. The van der Waals surface area contributed by atoms with Gasteiger partial charge in [-0.3, -0.25) is 0 Å². The zero-order chi connectivity index (χ0) is 10.5. The minimum absolute atomic E-state index is 0.0188. The van der Waals surface area contributed by atoms with Crippen LogP contribution in [-0.2, 0) is 0 Å². The summed E-state index contributed by atoms with van der Waals surface area (Å²) in [5.74, 6) is 0. The number of hydrogen-bond acceptors (Lipinski definition) is 1. The molecule has 0 rings (SSSR count). The van der Waals surface area contributed by atoms with Gasteiger partial charge in [0.15, 0.2) is 0 Å². The number of alkyl halides is 3. The molecule has 2 radical (unpaired) electrons. The molecule has 0 atom stereocenters. The highest BCUT2D eigenvalue weighted by Crippen LogP contribution is 2.26. The molecule has 0 saturated carbocycles. The van der Waals surface area contributed by atoms with E-state index in [0.29, 0.717) is 6.08 Å². The van der Waals surface area contributed by atoms with Gasteiger partial charge < -0.3 is 5.73 Å². The van der Waals surface area contributed by atoms with E-state index in [2.05, 4.69) is 6.58 Å². The molecule has 0 bridgehead atoms. The summed E-state index contributed by atoms with van der Waals surface area (Å²) >= 11 is 0. The van der Waals surface area contributed by atoms with E-state index in [1.807, 2.05) is 0 Å². The van der Waals surface area contributed by atoms with E-state index in [1.54, 1.807) is 0 Å². The molecule has 0 aliphatic carbocycles. The molecule has 0 heterocycles. The molecular formula is C8H9BF3N. The third-order valence-electron chi connectivity index (χ3n) is 1.22. The maximum Gasteiger partial charge on any atom is 0.416 e. The maximum absolute atomic E-state index is 12.1. The van der Waals surface area contributed by atoms with Crippen LogP contribution in [0.15, 0.2) is 36.1 Å². The molecule has 0 aromatic heterocycles. The van der Waals surface area contributed by atoms with Gasteiger partial charge in [0.25, 0.3) is 0 Å². The average Bonchev–Trinajstić information content (AvgIpc) is 1.98. The lowest BCUT2D eigenvalue weighted by Crippen LogP contribution is -2.11. The molecule has 0 aliphatic heterocycles. The van der Waals surface area contributed by atoms with Crippen molar-refractivity contribution in [1.29, 1.82) is 0 Å². The number of rotatable bonds is 3. The molecule has 0 saturated heterocycles. The number of halogens is 3. The van der Waals surface area contributed by atoms with Gasteiger partial charge in [0, 0.05) is 5.70 Å². The molecule has 1 nitrogen and oxygen atoms in total. The molecule has 0 spiro atoms. The van der Waals surface area contributed by atoms with Gasteiger partial charge in [-0.25, -0.2) is 0 Å². The smallest absolute Gasteiger partial charge is 0.399 e. The van der Waals surface area contributed by atoms with Crippen LogP contribution in [0.5, 0.6) is 0 Å². The zero-order valence-electron chi connectivity index (χ0n) is 6.93. The standard InChI is InChI=1S/C8H9BF3N/c1-2-6(8(10,11)12)5-7(13)3-4-9/h2-3,5H,1,4,13H2/b6-5+,7-3+. The Bertz CT molecular complexity index is 240. The summed E-state index contributed by atoms with van der Waals surface area (Å²) in [5.41, 5.74) is 4.32. The second kappa shape index (κ2) is 4.79. The van der Waals surface area contributed by atoms with E-state index in [1.165, 1.54) is 6.08 Å². The van der Waals surface area contributed by atoms with Gasteiger partial charge in [0.1, 0.15) is 0 Å². The molecular weight excluding hydrogens is 178 g/mol. The van der Waals surface area contributed by atoms with Gasteiger partial charge in [-0.15, -0.1) is 0 Å². The SMILES string of the molecule is [B]C/C=C(N)\C=C(/C=C)C(F)(F)F. The molecule has 0 unspecified atom stereocenters. The second-order valence-corrected chi connectivity index (χ2v) is 2.24. The minimum Gasteiger partial charge on any atom is -0.399 e. The molecule has 5 heteroatoms. The van der Waals surface area contributed by atoms with Crippen LogP contribution >= 0.6 is 0 Å². The van der Waals surface area contributed by atoms with Crippen molar-refractivity contribution in [2.45, 2.75) is 12.5 Å². The molecule has 13 heavy (non-hydrogen) atoms. The van der Waals surface area contributed by atoms with Gasteiger partial charge in [0.05, 0.1) is 13.4 Å². The number of hydrogen-bond donors (Lipinski definition) is 1. The van der Waals surface area contributed by atoms with Gasteiger partial charge in [-0.2, -0.15) is 13.2 Å². The normalized spacial score (nSPS) is 14.4. The van der Waals surface area contributed by atoms with Crippen molar-refractivity contribution >= 4 is 7.85 Å². The molecule has 0 fully saturated rings. The molecule has 0 aliphatic rings. The first kappa shape index (κ1) is 11.9. The second-order valence-electron chi connectivity index (χ2n) is 2.24. The van der Waals surface area contributed by atoms with Gasteiger partial charge in [0.2, 0.25) is 0 Å². The highest BCUT2D eigenvalue weighted by atomic mass is 19.4. The van der Waals surface area contributed by atoms with E-state index in [0.717, 1.165) is 6.08 Å². The Morgan fingerprint density at radius 3 is 2.31 bits per heavy atom. The van der Waals surface area contributed by atoms with E-state index in [4.69, 9.17) is 13.6 Å².